The highest BCUT2D eigenvalue weighted by molar-refractivity contribution is 6.31. The molecule has 2 aliphatic rings. The standard InChI is InChI=1S/C21H19ClFN5O2/c1-26(2)10-3-11-27-20(29)18-19(25-21(27)30)28(15-7-5-14(23)6-8-15)17-12-13(22)4-9-16(17)24-18/h4-9,12H,3,10-11H2,1-2H3. The summed E-state index contributed by atoms with van der Waals surface area (Å²) in [6.07, 6.45) is 0.622. The molecule has 2 aliphatic heterocycles. The van der Waals surface area contributed by atoms with Crippen LogP contribution < -0.4 is 11.2 Å². The third-order valence-corrected chi connectivity index (χ3v) is 5.02. The average Bonchev–Trinajstić information content (AvgIpc) is 2.70. The highest BCUT2D eigenvalue weighted by Crippen LogP contribution is 2.27. The maximum absolute atomic E-state index is 13.5. The quantitative estimate of drug-likeness (QED) is 0.458. The zero-order chi connectivity index (χ0) is 21.4. The fourth-order valence-electron chi connectivity index (χ4n) is 3.37. The minimum Gasteiger partial charge on any atom is -0.309 e. The number of hydrogen-bond donors (Lipinski definition) is 0. The maximum Gasteiger partial charge on any atom is 0.352 e. The Morgan fingerprint density at radius 1 is 1.07 bits per heavy atom. The second-order valence-corrected chi connectivity index (χ2v) is 7.67. The molecule has 0 bridgehead atoms. The molecule has 2 aromatic rings. The van der Waals surface area contributed by atoms with Crippen LogP contribution in [0.25, 0.3) is 28.2 Å². The maximum atomic E-state index is 13.5. The number of fused-ring (bicyclic) bond motifs is 2. The summed E-state index contributed by atoms with van der Waals surface area (Å²) < 4.78 is 16.2. The second kappa shape index (κ2) is 7.97. The molecule has 0 spiro atoms. The van der Waals surface area contributed by atoms with Crippen LogP contribution in [0.2, 0.25) is 5.02 Å². The molecule has 0 saturated heterocycles. The molecule has 0 amide bonds. The lowest BCUT2D eigenvalue weighted by atomic mass is 10.2. The van der Waals surface area contributed by atoms with Crippen LogP contribution in [0.5, 0.6) is 0 Å². The summed E-state index contributed by atoms with van der Waals surface area (Å²) in [6, 6.07) is 10.7. The normalized spacial score (nSPS) is 11.6. The summed E-state index contributed by atoms with van der Waals surface area (Å²) in [4.78, 5) is 36.4. The van der Waals surface area contributed by atoms with Gasteiger partial charge >= 0.3 is 5.69 Å². The number of rotatable bonds is 5. The van der Waals surface area contributed by atoms with Gasteiger partial charge in [-0.3, -0.25) is 13.9 Å². The van der Waals surface area contributed by atoms with Gasteiger partial charge in [0.05, 0.1) is 11.0 Å². The largest absolute Gasteiger partial charge is 0.352 e. The molecule has 0 saturated carbocycles. The second-order valence-electron chi connectivity index (χ2n) is 7.24. The van der Waals surface area contributed by atoms with Crippen LogP contribution in [0.4, 0.5) is 4.39 Å². The zero-order valence-corrected chi connectivity index (χ0v) is 17.2. The molecule has 30 heavy (non-hydrogen) atoms. The Labute approximate surface area is 176 Å². The Kier molecular flexibility index (Phi) is 5.36. The number of hydrogen-bond acceptors (Lipinski definition) is 5. The predicted molar refractivity (Wildman–Crippen MR) is 114 cm³/mol. The van der Waals surface area contributed by atoms with Crippen molar-refractivity contribution in [2.24, 2.45) is 0 Å². The third-order valence-electron chi connectivity index (χ3n) is 4.79. The molecule has 0 N–H and O–H groups in total. The molecular formula is C21H19ClFN5O2. The van der Waals surface area contributed by atoms with Gasteiger partial charge in [-0.2, -0.15) is 4.98 Å². The van der Waals surface area contributed by atoms with Crippen LogP contribution in [0.1, 0.15) is 6.42 Å². The minimum absolute atomic E-state index is 0.0681. The van der Waals surface area contributed by atoms with Crippen molar-refractivity contribution in [1.29, 1.82) is 0 Å². The Morgan fingerprint density at radius 2 is 1.80 bits per heavy atom. The first kappa shape index (κ1) is 20.2. The molecule has 4 rings (SSSR count). The van der Waals surface area contributed by atoms with E-state index < -0.39 is 17.1 Å². The number of halogens is 2. The monoisotopic (exact) mass is 427 g/mol. The lowest BCUT2D eigenvalue weighted by Gasteiger charge is -2.18. The van der Waals surface area contributed by atoms with E-state index in [1.54, 1.807) is 34.9 Å². The van der Waals surface area contributed by atoms with Crippen LogP contribution in [-0.4, -0.2) is 44.6 Å². The van der Waals surface area contributed by atoms with Gasteiger partial charge in [-0.15, -0.1) is 0 Å². The van der Waals surface area contributed by atoms with Crippen LogP contribution in [0.15, 0.2) is 52.1 Å². The molecular weight excluding hydrogens is 409 g/mol. The zero-order valence-electron chi connectivity index (χ0n) is 16.5. The number of aromatic nitrogens is 4. The van der Waals surface area contributed by atoms with E-state index in [0.29, 0.717) is 28.2 Å². The predicted octanol–water partition coefficient (Wildman–Crippen LogP) is 2.79. The summed E-state index contributed by atoms with van der Waals surface area (Å²) in [5.41, 5.74) is 0.514. The number of nitrogens with zero attached hydrogens (tertiary/aromatic N) is 5. The van der Waals surface area contributed by atoms with Crippen molar-refractivity contribution in [3.8, 4) is 17.2 Å². The van der Waals surface area contributed by atoms with Crippen molar-refractivity contribution in [2.45, 2.75) is 13.0 Å². The molecule has 7 nitrogen and oxygen atoms in total. The molecule has 2 heterocycles. The Hall–Kier alpha value is -3.10. The van der Waals surface area contributed by atoms with Gasteiger partial charge in [0.25, 0.3) is 5.56 Å². The summed E-state index contributed by atoms with van der Waals surface area (Å²) in [5.74, 6) is -0.295. The molecule has 0 radical (unpaired) electrons. The lowest BCUT2D eigenvalue weighted by Crippen LogP contribution is -2.39. The van der Waals surface area contributed by atoms with Gasteiger partial charge in [0.1, 0.15) is 5.82 Å². The molecule has 154 valence electrons. The van der Waals surface area contributed by atoms with Crippen LogP contribution in [0.3, 0.4) is 0 Å². The highest BCUT2D eigenvalue weighted by atomic mass is 35.5. The van der Waals surface area contributed by atoms with Crippen LogP contribution in [0, 0.1) is 5.82 Å². The summed E-state index contributed by atoms with van der Waals surface area (Å²) in [5, 5.41) is 0.457. The highest BCUT2D eigenvalue weighted by Gasteiger charge is 2.22. The third kappa shape index (κ3) is 3.71. The van der Waals surface area contributed by atoms with Gasteiger partial charge in [-0.1, -0.05) is 11.6 Å². The van der Waals surface area contributed by atoms with Crippen molar-refractivity contribution < 1.29 is 4.39 Å². The van der Waals surface area contributed by atoms with Gasteiger partial charge in [0, 0.05) is 17.3 Å². The molecule has 9 heteroatoms. The van der Waals surface area contributed by atoms with E-state index in [4.69, 9.17) is 11.6 Å². The van der Waals surface area contributed by atoms with Crippen molar-refractivity contribution >= 4 is 22.6 Å². The van der Waals surface area contributed by atoms with E-state index in [9.17, 15) is 14.0 Å². The smallest absolute Gasteiger partial charge is 0.309 e. The van der Waals surface area contributed by atoms with E-state index in [2.05, 4.69) is 9.97 Å². The van der Waals surface area contributed by atoms with Crippen molar-refractivity contribution in [1.82, 2.24) is 24.0 Å². The first-order chi connectivity index (χ1) is 14.3. The molecule has 2 aromatic carbocycles. The molecule has 0 aromatic heterocycles. The number of benzene rings is 2. The first-order valence-corrected chi connectivity index (χ1v) is 9.76. The molecule has 0 fully saturated rings. The first-order valence-electron chi connectivity index (χ1n) is 9.38. The van der Waals surface area contributed by atoms with Crippen LogP contribution >= 0.6 is 11.6 Å². The van der Waals surface area contributed by atoms with Crippen molar-refractivity contribution in [2.75, 3.05) is 20.6 Å². The SMILES string of the molecule is CN(C)CCCn1c(=O)nc2n(-c3ccc(F)cc3)c3cc(Cl)ccc3nc-2c1=O. The molecule has 0 atom stereocenters. The summed E-state index contributed by atoms with van der Waals surface area (Å²) in [6.45, 7) is 0.971. The van der Waals surface area contributed by atoms with Crippen molar-refractivity contribution in [3.05, 3.63) is 74.1 Å². The van der Waals surface area contributed by atoms with E-state index >= 15 is 0 Å². The van der Waals surface area contributed by atoms with Crippen LogP contribution in [-0.2, 0) is 6.54 Å². The van der Waals surface area contributed by atoms with E-state index in [1.807, 2.05) is 19.0 Å². The fourth-order valence-corrected chi connectivity index (χ4v) is 3.53. The minimum atomic E-state index is -0.648. The summed E-state index contributed by atoms with van der Waals surface area (Å²) in [7, 11) is 3.84. The van der Waals surface area contributed by atoms with E-state index in [-0.39, 0.29) is 18.1 Å². The fraction of sp³-hybridized carbons (Fsp3) is 0.238. The van der Waals surface area contributed by atoms with E-state index in [1.165, 1.54) is 12.1 Å². The average molecular weight is 428 g/mol. The molecule has 0 unspecified atom stereocenters. The Balaban J connectivity index is 2.01. The molecule has 0 aliphatic carbocycles. The van der Waals surface area contributed by atoms with E-state index in [0.717, 1.165) is 11.1 Å². The van der Waals surface area contributed by atoms with Gasteiger partial charge in [-0.05, 0) is 69.5 Å². The summed E-state index contributed by atoms with van der Waals surface area (Å²) >= 11 is 6.17. The Bertz CT molecular complexity index is 1310. The van der Waals surface area contributed by atoms with Crippen molar-refractivity contribution in [3.63, 3.8) is 0 Å². The van der Waals surface area contributed by atoms with Gasteiger partial charge in [0.2, 0.25) is 0 Å². The Morgan fingerprint density at radius 3 is 2.50 bits per heavy atom. The van der Waals surface area contributed by atoms with Gasteiger partial charge in [0.15, 0.2) is 11.5 Å². The lowest BCUT2D eigenvalue weighted by molar-refractivity contribution is 0.382. The topological polar surface area (TPSA) is 73.0 Å². The van der Waals surface area contributed by atoms with Gasteiger partial charge < -0.3 is 4.90 Å². The van der Waals surface area contributed by atoms with Gasteiger partial charge in [-0.25, -0.2) is 14.2 Å².